The van der Waals surface area contributed by atoms with Gasteiger partial charge in [0.2, 0.25) is 0 Å². The molecule has 0 rings (SSSR count). The number of alkyl halides is 4. The van der Waals surface area contributed by atoms with Gasteiger partial charge in [-0.2, -0.15) is 13.2 Å². The van der Waals surface area contributed by atoms with Crippen LogP contribution in [0.4, 0.5) is 17.6 Å². The highest BCUT2D eigenvalue weighted by atomic mass is 19.4. The van der Waals surface area contributed by atoms with Crippen molar-refractivity contribution < 1.29 is 27.1 Å². The lowest BCUT2D eigenvalue weighted by Crippen LogP contribution is -2.06. The molecule has 0 amide bonds. The van der Waals surface area contributed by atoms with Crippen molar-refractivity contribution in [2.45, 2.75) is 32.4 Å². The molecule has 0 aliphatic carbocycles. The van der Waals surface area contributed by atoms with Crippen LogP contribution in [0.3, 0.4) is 0 Å². The smallest absolute Gasteiger partial charge is 0.389 e. The highest BCUT2D eigenvalue weighted by Gasteiger charge is 2.25. The molecule has 0 N–H and O–H groups in total. The number of unbranched alkanes of at least 4 members (excludes halogenated alkanes) is 1. The van der Waals surface area contributed by atoms with Crippen molar-refractivity contribution in [2.75, 3.05) is 6.67 Å². The zero-order chi connectivity index (χ0) is 11.9. The Labute approximate surface area is 84.9 Å². The Morgan fingerprint density at radius 3 is 2.40 bits per heavy atom. The van der Waals surface area contributed by atoms with E-state index in [2.05, 4.69) is 4.74 Å². The number of hydrogen-bond donors (Lipinski definition) is 0. The van der Waals surface area contributed by atoms with E-state index in [0.717, 1.165) is 13.0 Å². The van der Waals surface area contributed by atoms with Gasteiger partial charge in [0.1, 0.15) is 12.4 Å². The Kier molecular flexibility index (Phi) is 5.96. The first-order chi connectivity index (χ1) is 6.85. The van der Waals surface area contributed by atoms with E-state index >= 15 is 0 Å². The summed E-state index contributed by atoms with van der Waals surface area (Å²) >= 11 is 0. The summed E-state index contributed by atoms with van der Waals surface area (Å²) in [4.78, 5) is 10.4. The highest BCUT2D eigenvalue weighted by Crippen LogP contribution is 2.22. The third-order valence-corrected chi connectivity index (χ3v) is 1.44. The highest BCUT2D eigenvalue weighted by molar-refractivity contribution is 5.67. The third-order valence-electron chi connectivity index (χ3n) is 1.44. The van der Waals surface area contributed by atoms with Crippen LogP contribution < -0.4 is 0 Å². The maximum atomic E-state index is 12.1. The molecule has 0 radical (unpaired) electrons. The lowest BCUT2D eigenvalue weighted by Gasteiger charge is -2.05. The van der Waals surface area contributed by atoms with Crippen LogP contribution in [-0.2, 0) is 9.53 Å². The van der Waals surface area contributed by atoms with Gasteiger partial charge in [0.25, 0.3) is 0 Å². The number of allylic oxidation sites excluding steroid dienone is 2. The topological polar surface area (TPSA) is 26.3 Å². The summed E-state index contributed by atoms with van der Waals surface area (Å²) < 4.78 is 51.6. The number of halogens is 4. The summed E-state index contributed by atoms with van der Waals surface area (Å²) in [5.41, 5.74) is 0. The molecule has 0 aliphatic rings. The van der Waals surface area contributed by atoms with Crippen LogP contribution in [0.2, 0.25) is 0 Å². The Hall–Kier alpha value is -1.07. The van der Waals surface area contributed by atoms with Gasteiger partial charge in [-0.1, -0.05) is 0 Å². The van der Waals surface area contributed by atoms with E-state index in [1.54, 1.807) is 0 Å². The summed E-state index contributed by atoms with van der Waals surface area (Å²) in [5.74, 6) is -0.917. The van der Waals surface area contributed by atoms with Gasteiger partial charge in [0, 0.05) is 13.3 Å². The quantitative estimate of drug-likeness (QED) is 0.313. The zero-order valence-corrected chi connectivity index (χ0v) is 8.23. The van der Waals surface area contributed by atoms with Gasteiger partial charge >= 0.3 is 12.1 Å². The molecule has 0 aromatic heterocycles. The predicted octanol–water partition coefficient (Wildman–Crippen LogP) is 3.14. The first kappa shape index (κ1) is 13.9. The zero-order valence-electron chi connectivity index (χ0n) is 8.23. The molecule has 15 heavy (non-hydrogen) atoms. The molecule has 0 spiro atoms. The minimum atomic E-state index is -4.20. The number of carbonyl (C=O) groups is 1. The molecule has 2 nitrogen and oxygen atoms in total. The normalized spacial score (nSPS) is 12.7. The molecular formula is C9H12F4O2. The van der Waals surface area contributed by atoms with Crippen molar-refractivity contribution in [3.8, 4) is 0 Å². The molecule has 0 aromatic carbocycles. The van der Waals surface area contributed by atoms with E-state index < -0.39 is 25.2 Å². The third kappa shape index (κ3) is 9.24. The van der Waals surface area contributed by atoms with E-state index in [4.69, 9.17) is 0 Å². The summed E-state index contributed by atoms with van der Waals surface area (Å²) in [5, 5.41) is 0. The molecule has 0 saturated carbocycles. The monoisotopic (exact) mass is 228 g/mol. The molecule has 0 saturated heterocycles. The lowest BCUT2D eigenvalue weighted by atomic mass is 10.2. The molecule has 0 unspecified atom stereocenters. The first-order valence-corrected chi connectivity index (χ1v) is 4.35. The Balaban J connectivity index is 3.86. The maximum Gasteiger partial charge on any atom is 0.389 e. The molecule has 0 aromatic rings. The van der Waals surface area contributed by atoms with Gasteiger partial charge < -0.3 is 4.74 Å². The van der Waals surface area contributed by atoms with Crippen LogP contribution in [0.5, 0.6) is 0 Å². The second-order valence-corrected chi connectivity index (χ2v) is 2.91. The number of esters is 1. The molecule has 0 atom stereocenters. The number of ether oxygens (including phenoxy) is 1. The van der Waals surface area contributed by atoms with Crippen LogP contribution in [0, 0.1) is 0 Å². The van der Waals surface area contributed by atoms with Crippen LogP contribution in [0.25, 0.3) is 0 Å². The van der Waals surface area contributed by atoms with Crippen LogP contribution >= 0.6 is 0 Å². The number of carbonyl (C=O) groups excluding carboxylic acids is 1. The Bertz CT molecular complexity index is 233. The molecule has 88 valence electrons. The molecule has 0 aliphatic heterocycles. The average molecular weight is 228 g/mol. The van der Waals surface area contributed by atoms with E-state index in [0.29, 0.717) is 0 Å². The second-order valence-electron chi connectivity index (χ2n) is 2.91. The van der Waals surface area contributed by atoms with Gasteiger partial charge in [-0.15, -0.1) is 0 Å². The fourth-order valence-electron chi connectivity index (χ4n) is 0.874. The van der Waals surface area contributed by atoms with Crippen LogP contribution in [-0.4, -0.2) is 18.8 Å². The van der Waals surface area contributed by atoms with Crippen molar-refractivity contribution >= 4 is 5.97 Å². The molecule has 6 heteroatoms. The standard InChI is InChI=1S/C9H12F4O2/c1-7(14)15-8(6-10)4-2-3-5-9(11,12)13/h4H,2-3,5-6H2,1H3. The van der Waals surface area contributed by atoms with Crippen molar-refractivity contribution in [1.29, 1.82) is 0 Å². The van der Waals surface area contributed by atoms with Gasteiger partial charge in [-0.25, -0.2) is 4.39 Å². The van der Waals surface area contributed by atoms with Crippen molar-refractivity contribution in [3.05, 3.63) is 11.8 Å². The van der Waals surface area contributed by atoms with E-state index in [-0.39, 0.29) is 18.6 Å². The molecule has 0 bridgehead atoms. The Morgan fingerprint density at radius 1 is 1.40 bits per heavy atom. The fraction of sp³-hybridized carbons (Fsp3) is 0.667. The van der Waals surface area contributed by atoms with Gasteiger partial charge in [0.15, 0.2) is 0 Å². The fourth-order valence-corrected chi connectivity index (χ4v) is 0.874. The van der Waals surface area contributed by atoms with Gasteiger partial charge in [-0.05, 0) is 18.9 Å². The Morgan fingerprint density at radius 2 is 2.00 bits per heavy atom. The summed E-state index contributed by atoms with van der Waals surface area (Å²) in [6.07, 6.45) is -4.08. The molecule has 0 heterocycles. The average Bonchev–Trinajstić information content (AvgIpc) is 2.08. The van der Waals surface area contributed by atoms with E-state index in [1.807, 2.05) is 0 Å². The van der Waals surface area contributed by atoms with Crippen molar-refractivity contribution in [3.63, 3.8) is 0 Å². The number of rotatable bonds is 5. The summed E-state index contributed by atoms with van der Waals surface area (Å²) in [6.45, 7) is 0.102. The van der Waals surface area contributed by atoms with Gasteiger partial charge in [0.05, 0.1) is 0 Å². The van der Waals surface area contributed by atoms with Gasteiger partial charge in [-0.3, -0.25) is 4.79 Å². The minimum Gasteiger partial charge on any atom is -0.429 e. The maximum absolute atomic E-state index is 12.1. The summed E-state index contributed by atoms with van der Waals surface area (Å²) in [7, 11) is 0. The second kappa shape index (κ2) is 6.42. The number of hydrogen-bond acceptors (Lipinski definition) is 2. The van der Waals surface area contributed by atoms with Crippen molar-refractivity contribution in [2.24, 2.45) is 0 Å². The predicted molar refractivity (Wildman–Crippen MR) is 45.7 cm³/mol. The van der Waals surface area contributed by atoms with Crippen LogP contribution in [0.15, 0.2) is 11.8 Å². The SMILES string of the molecule is CC(=O)OC(=CCCCC(F)(F)F)CF. The molecule has 0 fully saturated rings. The van der Waals surface area contributed by atoms with Crippen molar-refractivity contribution in [1.82, 2.24) is 0 Å². The van der Waals surface area contributed by atoms with E-state index in [1.165, 1.54) is 0 Å². The van der Waals surface area contributed by atoms with Crippen LogP contribution in [0.1, 0.15) is 26.2 Å². The first-order valence-electron chi connectivity index (χ1n) is 4.35. The lowest BCUT2D eigenvalue weighted by molar-refractivity contribution is -0.138. The molecular weight excluding hydrogens is 216 g/mol. The minimum absolute atomic E-state index is 0.0338. The van der Waals surface area contributed by atoms with E-state index in [9.17, 15) is 22.4 Å². The largest absolute Gasteiger partial charge is 0.429 e. The summed E-state index contributed by atoms with van der Waals surface area (Å²) in [6, 6.07) is 0.